The van der Waals surface area contributed by atoms with Crippen LogP contribution in [0.1, 0.15) is 24.5 Å². The van der Waals surface area contributed by atoms with Crippen molar-refractivity contribution in [1.82, 2.24) is 10.2 Å². The van der Waals surface area contributed by atoms with Crippen molar-refractivity contribution in [2.75, 3.05) is 13.2 Å². The Hall–Kier alpha value is -3.09. The average Bonchev–Trinajstić information content (AvgIpc) is 2.85. The van der Waals surface area contributed by atoms with E-state index in [1.165, 1.54) is 23.1 Å². The van der Waals surface area contributed by atoms with Gasteiger partial charge >= 0.3 is 0 Å². The number of benzene rings is 3. The molecule has 0 saturated heterocycles. The molecule has 2 amide bonds. The average molecular weight is 517 g/mol. The smallest absolute Gasteiger partial charge is 0.261 e. The molecule has 35 heavy (non-hydrogen) atoms. The lowest BCUT2D eigenvalue weighted by molar-refractivity contribution is -0.142. The van der Waals surface area contributed by atoms with E-state index in [9.17, 15) is 14.0 Å². The zero-order valence-corrected chi connectivity index (χ0v) is 20.9. The van der Waals surface area contributed by atoms with Gasteiger partial charge in [0.25, 0.3) is 5.91 Å². The monoisotopic (exact) mass is 516 g/mol. The Labute approximate surface area is 214 Å². The van der Waals surface area contributed by atoms with Crippen molar-refractivity contribution in [1.29, 1.82) is 0 Å². The highest BCUT2D eigenvalue weighted by atomic mass is 35.5. The summed E-state index contributed by atoms with van der Waals surface area (Å²) in [5.41, 5.74) is 1.51. The maximum atomic E-state index is 14.0. The zero-order valence-electron chi connectivity index (χ0n) is 19.3. The third-order valence-corrected chi connectivity index (χ3v) is 5.95. The first-order valence-corrected chi connectivity index (χ1v) is 12.1. The quantitative estimate of drug-likeness (QED) is 0.356. The minimum Gasteiger partial charge on any atom is -0.481 e. The lowest BCUT2D eigenvalue weighted by Crippen LogP contribution is -2.51. The molecule has 0 saturated carbocycles. The van der Waals surface area contributed by atoms with Gasteiger partial charge in [0.2, 0.25) is 5.91 Å². The van der Waals surface area contributed by atoms with Crippen molar-refractivity contribution >= 4 is 35.0 Å². The number of halogens is 3. The molecule has 5 nitrogen and oxygen atoms in total. The van der Waals surface area contributed by atoms with Gasteiger partial charge in [-0.1, -0.05) is 78.7 Å². The number of nitrogens with one attached hydrogen (secondary N) is 1. The number of hydrogen-bond acceptors (Lipinski definition) is 3. The molecule has 0 fully saturated rings. The fraction of sp³-hybridized carbons (Fsp3) is 0.259. The summed E-state index contributed by atoms with van der Waals surface area (Å²) < 4.78 is 19.5. The molecule has 0 heterocycles. The van der Waals surface area contributed by atoms with Gasteiger partial charge in [0.15, 0.2) is 18.2 Å². The molecule has 0 radical (unpaired) electrons. The second kappa shape index (κ2) is 13.1. The summed E-state index contributed by atoms with van der Waals surface area (Å²) >= 11 is 12.4. The molecule has 3 aromatic carbocycles. The van der Waals surface area contributed by atoms with Crippen LogP contribution in [0.3, 0.4) is 0 Å². The van der Waals surface area contributed by atoms with E-state index in [1.54, 1.807) is 24.3 Å². The number of carbonyl (C=O) groups is 2. The van der Waals surface area contributed by atoms with E-state index in [0.29, 0.717) is 22.2 Å². The van der Waals surface area contributed by atoms with Gasteiger partial charge in [-0.3, -0.25) is 9.59 Å². The first kappa shape index (κ1) is 26.5. The summed E-state index contributed by atoms with van der Waals surface area (Å²) in [4.78, 5) is 28.1. The van der Waals surface area contributed by atoms with Crippen molar-refractivity contribution in [3.8, 4) is 5.75 Å². The lowest BCUT2D eigenvalue weighted by Gasteiger charge is -2.31. The molecule has 1 N–H and O–H groups in total. The normalized spacial score (nSPS) is 11.5. The highest BCUT2D eigenvalue weighted by molar-refractivity contribution is 6.35. The Balaban J connectivity index is 1.93. The highest BCUT2D eigenvalue weighted by Gasteiger charge is 2.31. The zero-order chi connectivity index (χ0) is 25.2. The van der Waals surface area contributed by atoms with Crippen molar-refractivity contribution in [3.05, 3.63) is 99.8 Å². The van der Waals surface area contributed by atoms with Gasteiger partial charge < -0.3 is 15.0 Å². The Kier molecular flexibility index (Phi) is 9.94. The predicted molar refractivity (Wildman–Crippen MR) is 136 cm³/mol. The molecule has 0 aromatic heterocycles. The van der Waals surface area contributed by atoms with E-state index >= 15 is 0 Å². The van der Waals surface area contributed by atoms with Gasteiger partial charge in [0, 0.05) is 29.6 Å². The van der Waals surface area contributed by atoms with Gasteiger partial charge in [-0.2, -0.15) is 0 Å². The van der Waals surface area contributed by atoms with Crippen molar-refractivity contribution in [2.45, 2.75) is 32.4 Å². The second-order valence-corrected chi connectivity index (χ2v) is 8.82. The SMILES string of the molecule is CCCNC(=O)[C@H](Cc1ccccc1)N(Cc1ccc(Cl)cc1Cl)C(=O)COc1ccccc1F. The molecule has 0 aliphatic rings. The summed E-state index contributed by atoms with van der Waals surface area (Å²) in [6.45, 7) is 2.02. The molecule has 8 heteroatoms. The molecule has 0 aliphatic heterocycles. The molecule has 0 bridgehead atoms. The molecule has 0 unspecified atom stereocenters. The number of nitrogens with zero attached hydrogens (tertiary/aromatic N) is 1. The first-order chi connectivity index (χ1) is 16.9. The molecular weight excluding hydrogens is 490 g/mol. The minimum absolute atomic E-state index is 0.0413. The summed E-state index contributed by atoms with van der Waals surface area (Å²) in [7, 11) is 0. The molecule has 1 atom stereocenters. The minimum atomic E-state index is -0.840. The van der Waals surface area contributed by atoms with Crippen molar-refractivity contribution in [3.63, 3.8) is 0 Å². The molecule has 184 valence electrons. The number of hydrogen-bond donors (Lipinski definition) is 1. The standard InChI is InChI=1S/C27H27Cl2FN2O3/c1-2-14-31-27(34)24(15-19-8-4-3-5-9-19)32(17-20-12-13-21(28)16-22(20)29)26(33)18-35-25-11-7-6-10-23(25)30/h3-13,16,24H,2,14-15,17-18H2,1H3,(H,31,34)/t24-/m0/s1. The van der Waals surface area contributed by atoms with E-state index in [-0.39, 0.29) is 24.6 Å². The largest absolute Gasteiger partial charge is 0.481 e. The van der Waals surface area contributed by atoms with Crippen LogP contribution in [0, 0.1) is 5.82 Å². The van der Waals surface area contributed by atoms with Gasteiger partial charge in [-0.15, -0.1) is 0 Å². The van der Waals surface area contributed by atoms with Crippen molar-refractivity contribution < 1.29 is 18.7 Å². The van der Waals surface area contributed by atoms with Gasteiger partial charge in [-0.05, 0) is 41.8 Å². The maximum Gasteiger partial charge on any atom is 0.261 e. The van der Waals surface area contributed by atoms with Crippen LogP contribution in [0.5, 0.6) is 5.75 Å². The molecule has 0 aliphatic carbocycles. The summed E-state index contributed by atoms with van der Waals surface area (Å²) in [6, 6.07) is 19.4. The number of para-hydroxylation sites is 1. The Morgan fingerprint density at radius 2 is 1.74 bits per heavy atom. The van der Waals surface area contributed by atoms with Gasteiger partial charge in [-0.25, -0.2) is 4.39 Å². The van der Waals surface area contributed by atoms with Crippen LogP contribution >= 0.6 is 23.2 Å². The Bertz CT molecular complexity index is 1140. The fourth-order valence-electron chi connectivity index (χ4n) is 3.54. The van der Waals surface area contributed by atoms with E-state index in [2.05, 4.69) is 5.32 Å². The molecule has 0 spiro atoms. The number of rotatable bonds is 11. The summed E-state index contributed by atoms with van der Waals surface area (Å²) in [6.07, 6.45) is 1.03. The lowest BCUT2D eigenvalue weighted by atomic mass is 10.0. The van der Waals surface area contributed by atoms with E-state index in [0.717, 1.165) is 12.0 Å². The van der Waals surface area contributed by atoms with Crippen LogP contribution in [0.2, 0.25) is 10.0 Å². The fourth-order valence-corrected chi connectivity index (χ4v) is 4.01. The highest BCUT2D eigenvalue weighted by Crippen LogP contribution is 2.24. The van der Waals surface area contributed by atoms with Crippen LogP contribution in [-0.2, 0) is 22.6 Å². The van der Waals surface area contributed by atoms with Crippen LogP contribution in [-0.4, -0.2) is 35.9 Å². The van der Waals surface area contributed by atoms with Crippen LogP contribution in [0.25, 0.3) is 0 Å². The number of ether oxygens (including phenoxy) is 1. The predicted octanol–water partition coefficient (Wildman–Crippen LogP) is 5.68. The molecule has 3 aromatic rings. The maximum absolute atomic E-state index is 14.0. The first-order valence-electron chi connectivity index (χ1n) is 11.3. The Morgan fingerprint density at radius 3 is 2.43 bits per heavy atom. The number of amides is 2. The molecular formula is C27H27Cl2FN2O3. The van der Waals surface area contributed by atoms with Crippen LogP contribution in [0.4, 0.5) is 4.39 Å². The molecule has 3 rings (SSSR count). The summed E-state index contributed by atoms with van der Waals surface area (Å²) in [5, 5.41) is 3.72. The van der Waals surface area contributed by atoms with Crippen LogP contribution < -0.4 is 10.1 Å². The van der Waals surface area contributed by atoms with Gasteiger partial charge in [0.05, 0.1) is 0 Å². The second-order valence-electron chi connectivity index (χ2n) is 7.97. The van der Waals surface area contributed by atoms with E-state index in [4.69, 9.17) is 27.9 Å². The van der Waals surface area contributed by atoms with Crippen LogP contribution in [0.15, 0.2) is 72.8 Å². The van der Waals surface area contributed by atoms with E-state index < -0.39 is 24.4 Å². The third kappa shape index (κ3) is 7.70. The van der Waals surface area contributed by atoms with E-state index in [1.807, 2.05) is 37.3 Å². The topological polar surface area (TPSA) is 58.6 Å². The van der Waals surface area contributed by atoms with Gasteiger partial charge in [0.1, 0.15) is 6.04 Å². The number of carbonyl (C=O) groups excluding carboxylic acids is 2. The summed E-state index contributed by atoms with van der Waals surface area (Å²) in [5.74, 6) is -1.39. The van der Waals surface area contributed by atoms with Crippen molar-refractivity contribution in [2.24, 2.45) is 0 Å². The Morgan fingerprint density at radius 1 is 1.03 bits per heavy atom. The third-order valence-electron chi connectivity index (χ3n) is 5.36.